The highest BCUT2D eigenvalue weighted by Crippen LogP contribution is 2.43. The van der Waals surface area contributed by atoms with Gasteiger partial charge in [-0.15, -0.1) is 0 Å². The Bertz CT molecular complexity index is 1480. The van der Waals surface area contributed by atoms with Crippen LogP contribution in [0.3, 0.4) is 0 Å². The van der Waals surface area contributed by atoms with Gasteiger partial charge in [0.25, 0.3) is 0 Å². The Hall–Kier alpha value is -2.93. The van der Waals surface area contributed by atoms with Gasteiger partial charge in [0.15, 0.2) is 0 Å². The third kappa shape index (κ3) is 4.94. The van der Waals surface area contributed by atoms with Crippen molar-refractivity contribution in [1.29, 1.82) is 0 Å². The van der Waals surface area contributed by atoms with E-state index in [-0.39, 0.29) is 18.2 Å². The molecule has 0 saturated heterocycles. The molecular formula is C27H34ClN7O3S. The van der Waals surface area contributed by atoms with Crippen molar-refractivity contribution in [2.45, 2.75) is 32.2 Å². The molecule has 1 aromatic heterocycles. The van der Waals surface area contributed by atoms with Gasteiger partial charge in [-0.1, -0.05) is 48.9 Å². The molecule has 12 heteroatoms. The van der Waals surface area contributed by atoms with E-state index in [1.165, 1.54) is 0 Å². The molecule has 0 saturated carbocycles. The molecule has 10 nitrogen and oxygen atoms in total. The molecule has 3 heterocycles. The average Bonchev–Trinajstić information content (AvgIpc) is 3.39. The summed E-state index contributed by atoms with van der Waals surface area (Å²) >= 11 is 6.06. The normalized spacial score (nSPS) is 22.7. The first-order valence-corrected chi connectivity index (χ1v) is 14.9. The van der Waals surface area contributed by atoms with Crippen molar-refractivity contribution in [1.82, 2.24) is 18.8 Å². The Morgan fingerprint density at radius 3 is 2.49 bits per heavy atom. The molecule has 3 unspecified atom stereocenters. The van der Waals surface area contributed by atoms with Gasteiger partial charge in [0.05, 0.1) is 24.7 Å². The zero-order valence-electron chi connectivity index (χ0n) is 22.2. The van der Waals surface area contributed by atoms with Crippen molar-refractivity contribution in [3.8, 4) is 11.4 Å². The first-order chi connectivity index (χ1) is 18.7. The molecule has 0 radical (unpaired) electrons. The molecule has 39 heavy (non-hydrogen) atoms. The molecule has 0 amide bonds. The van der Waals surface area contributed by atoms with Crippen molar-refractivity contribution >= 4 is 27.3 Å². The third-order valence-corrected chi connectivity index (χ3v) is 9.56. The third-order valence-electron chi connectivity index (χ3n) is 7.57. The van der Waals surface area contributed by atoms with Crippen molar-refractivity contribution in [3.63, 3.8) is 0 Å². The lowest BCUT2D eigenvalue weighted by atomic mass is 9.86. The number of rotatable bonds is 7. The van der Waals surface area contributed by atoms with Gasteiger partial charge in [0.2, 0.25) is 10.0 Å². The predicted octanol–water partition coefficient (Wildman–Crippen LogP) is 2.91. The summed E-state index contributed by atoms with van der Waals surface area (Å²) in [5.41, 5.74) is 18.1. The fraction of sp³-hybridized carbons (Fsp3) is 0.370. The van der Waals surface area contributed by atoms with Crippen LogP contribution in [0.2, 0.25) is 5.15 Å². The van der Waals surface area contributed by atoms with Crippen LogP contribution >= 0.6 is 11.6 Å². The summed E-state index contributed by atoms with van der Waals surface area (Å²) in [4.78, 5) is 8.16. The molecule has 3 aromatic rings. The van der Waals surface area contributed by atoms with Crippen LogP contribution in [0.15, 0.2) is 72.3 Å². The summed E-state index contributed by atoms with van der Waals surface area (Å²) in [7, 11) is -1.86. The smallest absolute Gasteiger partial charge is 0.214 e. The predicted molar refractivity (Wildman–Crippen MR) is 153 cm³/mol. The van der Waals surface area contributed by atoms with E-state index in [9.17, 15) is 8.42 Å². The van der Waals surface area contributed by atoms with Gasteiger partial charge >= 0.3 is 0 Å². The number of nitrogens with zero attached hydrogens (tertiary/aromatic N) is 5. The fourth-order valence-electron chi connectivity index (χ4n) is 5.55. The number of anilines is 1. The summed E-state index contributed by atoms with van der Waals surface area (Å²) < 4.78 is 35.3. The summed E-state index contributed by atoms with van der Waals surface area (Å²) in [6.45, 7) is 4.74. The van der Waals surface area contributed by atoms with Crippen molar-refractivity contribution in [3.05, 3.63) is 83.0 Å². The van der Waals surface area contributed by atoms with Crippen LogP contribution in [-0.2, 0) is 10.0 Å². The number of benzene rings is 2. The van der Waals surface area contributed by atoms with Gasteiger partial charge < -0.3 is 19.9 Å². The van der Waals surface area contributed by atoms with Crippen molar-refractivity contribution in [2.24, 2.45) is 11.5 Å². The molecular weight excluding hydrogens is 538 g/mol. The molecule has 2 aliphatic rings. The lowest BCUT2D eigenvalue weighted by molar-refractivity contribution is 0.139. The minimum Gasteiger partial charge on any atom is -0.494 e. The molecule has 0 fully saturated rings. The standard InChI is InChI=1S/C27H34ClN7O3S/c1-4-34-26(29)21-15-33(39(36,37)5-2)14-20(18-9-7-6-8-10-18)25(21)35(27(34)30)19-11-12-22(23(13-19)38-3)32-16-24(28)31-17-32/h6-13,16-17,20,26-27H,4-5,14-15,29-30H2,1-3H3. The first-order valence-electron chi connectivity index (χ1n) is 12.9. The molecule has 2 aliphatic heterocycles. The number of nitrogens with two attached hydrogens (primary N) is 2. The van der Waals surface area contributed by atoms with Crippen molar-refractivity contribution in [2.75, 3.05) is 37.4 Å². The van der Waals surface area contributed by atoms with E-state index in [1.807, 2.05) is 60.4 Å². The molecule has 0 spiro atoms. The summed E-state index contributed by atoms with van der Waals surface area (Å²) in [5, 5.41) is 0.376. The summed E-state index contributed by atoms with van der Waals surface area (Å²) in [6.07, 6.45) is 2.22. The van der Waals surface area contributed by atoms with Crippen LogP contribution in [-0.4, -0.2) is 72.1 Å². The van der Waals surface area contributed by atoms with E-state index < -0.39 is 22.5 Å². The van der Waals surface area contributed by atoms with Crippen LogP contribution in [0.5, 0.6) is 5.75 Å². The van der Waals surface area contributed by atoms with Crippen molar-refractivity contribution < 1.29 is 13.2 Å². The summed E-state index contributed by atoms with van der Waals surface area (Å²) in [6, 6.07) is 15.7. The number of likely N-dealkylation sites (N-methyl/N-ethyl adjacent to an activating group) is 1. The SMILES string of the molecule is CCN1C(N)C2=C(C(c3ccccc3)CN(S(=O)(=O)CC)C2)N(c2ccc(-n3cnc(Cl)c3)c(OC)c2)C1N. The average molecular weight is 572 g/mol. The summed E-state index contributed by atoms with van der Waals surface area (Å²) in [5.74, 6) is 0.353. The second-order valence-corrected chi connectivity index (χ2v) is 12.2. The van der Waals surface area contributed by atoms with Crippen LogP contribution < -0.4 is 21.1 Å². The van der Waals surface area contributed by atoms with Gasteiger partial charge in [-0.25, -0.2) is 13.4 Å². The number of hydrogen-bond donors (Lipinski definition) is 2. The van der Waals surface area contributed by atoms with Gasteiger partial charge in [-0.2, -0.15) is 4.31 Å². The molecule has 3 atom stereocenters. The zero-order chi connectivity index (χ0) is 27.9. The molecule has 4 N–H and O–H groups in total. The van der Waals surface area contributed by atoms with E-state index in [4.69, 9.17) is 27.8 Å². The van der Waals surface area contributed by atoms with E-state index in [2.05, 4.69) is 9.88 Å². The van der Waals surface area contributed by atoms with Gasteiger partial charge in [0, 0.05) is 49.2 Å². The van der Waals surface area contributed by atoms with E-state index >= 15 is 0 Å². The molecule has 2 aromatic carbocycles. The van der Waals surface area contributed by atoms with Gasteiger partial charge in [-0.3, -0.25) is 10.6 Å². The zero-order valence-corrected chi connectivity index (χ0v) is 23.8. The lowest BCUT2D eigenvalue weighted by Crippen LogP contribution is -2.67. The maximum absolute atomic E-state index is 13.1. The highest BCUT2D eigenvalue weighted by molar-refractivity contribution is 7.89. The first kappa shape index (κ1) is 27.6. The topological polar surface area (TPSA) is 123 Å². The Morgan fingerprint density at radius 2 is 1.87 bits per heavy atom. The van der Waals surface area contributed by atoms with Crippen LogP contribution in [0.1, 0.15) is 25.3 Å². The number of imidazole rings is 1. The number of sulfonamides is 1. The Labute approximate surface area is 234 Å². The number of methoxy groups -OCH3 is 1. The molecule has 208 valence electrons. The minimum absolute atomic E-state index is 0.0179. The van der Waals surface area contributed by atoms with E-state index in [0.29, 0.717) is 24.0 Å². The maximum atomic E-state index is 13.1. The Balaban J connectivity index is 1.70. The van der Waals surface area contributed by atoms with E-state index in [1.54, 1.807) is 35.4 Å². The second kappa shape index (κ2) is 10.9. The molecule has 0 bridgehead atoms. The molecule has 5 rings (SSSR count). The van der Waals surface area contributed by atoms with Crippen LogP contribution in [0, 0.1) is 0 Å². The monoisotopic (exact) mass is 571 g/mol. The lowest BCUT2D eigenvalue weighted by Gasteiger charge is -2.52. The highest BCUT2D eigenvalue weighted by Gasteiger charge is 2.45. The minimum atomic E-state index is -3.47. The van der Waals surface area contributed by atoms with Gasteiger partial charge in [-0.05, 0) is 30.2 Å². The number of aromatic nitrogens is 2. The van der Waals surface area contributed by atoms with Crippen LogP contribution in [0.25, 0.3) is 5.69 Å². The van der Waals surface area contributed by atoms with E-state index in [0.717, 1.165) is 28.2 Å². The number of hydrogen-bond acceptors (Lipinski definition) is 8. The quantitative estimate of drug-likeness (QED) is 0.444. The van der Waals surface area contributed by atoms with Crippen LogP contribution in [0.4, 0.5) is 5.69 Å². The highest BCUT2D eigenvalue weighted by atomic mass is 35.5. The second-order valence-electron chi connectivity index (χ2n) is 9.59. The fourth-order valence-corrected chi connectivity index (χ4v) is 6.78. The largest absolute Gasteiger partial charge is 0.494 e. The Morgan fingerprint density at radius 1 is 1.13 bits per heavy atom. The maximum Gasteiger partial charge on any atom is 0.214 e. The number of ether oxygens (including phenoxy) is 1. The van der Waals surface area contributed by atoms with Gasteiger partial charge in [0.1, 0.15) is 23.5 Å². The Kier molecular flexibility index (Phi) is 7.73. The molecule has 0 aliphatic carbocycles. The number of halogens is 1.